The summed E-state index contributed by atoms with van der Waals surface area (Å²) in [5.74, 6) is 1.69. The highest BCUT2D eigenvalue weighted by Crippen LogP contribution is 2.52. The largest absolute Gasteiger partial charge is 0.456 e. The zero-order valence-corrected chi connectivity index (χ0v) is 43.8. The van der Waals surface area contributed by atoms with Gasteiger partial charge in [0.2, 0.25) is 0 Å². The van der Waals surface area contributed by atoms with Crippen LogP contribution in [0.15, 0.2) is 239 Å². The van der Waals surface area contributed by atoms with E-state index >= 15 is 0 Å². The highest BCUT2D eigenvalue weighted by atomic mass is 32.1. The number of fused-ring (bicyclic) bond motifs is 15. The van der Waals surface area contributed by atoms with Crippen LogP contribution in [0.1, 0.15) is 25.0 Å². The molecular weight excluding hydrogens is 985 g/mol. The number of rotatable bonds is 6. The molecule has 17 rings (SSSR count). The van der Waals surface area contributed by atoms with Crippen molar-refractivity contribution in [2.75, 3.05) is 0 Å². The van der Waals surface area contributed by atoms with E-state index < -0.39 is 0 Å². The van der Waals surface area contributed by atoms with Crippen LogP contribution in [-0.2, 0) is 5.41 Å². The van der Waals surface area contributed by atoms with Crippen molar-refractivity contribution in [2.45, 2.75) is 19.3 Å². The fourth-order valence-corrected chi connectivity index (χ4v) is 14.0. The van der Waals surface area contributed by atoms with Gasteiger partial charge in [-0.2, -0.15) is 0 Å². The van der Waals surface area contributed by atoms with E-state index in [1.165, 1.54) is 69.8 Å². The lowest BCUT2D eigenvalue weighted by Crippen LogP contribution is -2.14. The van der Waals surface area contributed by atoms with Gasteiger partial charge in [0.1, 0.15) is 22.3 Å². The maximum absolute atomic E-state index is 6.75. The number of para-hydroxylation sites is 1. The molecule has 1 aliphatic rings. The summed E-state index contributed by atoms with van der Waals surface area (Å²) in [6.07, 6.45) is 0. The first-order valence-electron chi connectivity index (χ1n) is 26.8. The highest BCUT2D eigenvalue weighted by Gasteiger charge is 2.36. The van der Waals surface area contributed by atoms with E-state index in [4.69, 9.17) is 23.8 Å². The minimum atomic E-state index is -0.129. The number of furan rings is 2. The van der Waals surface area contributed by atoms with Gasteiger partial charge in [-0.3, -0.25) is 0 Å². The Morgan fingerprint density at radius 3 is 1.81 bits per heavy atom. The minimum absolute atomic E-state index is 0.129. The molecule has 0 fully saturated rings. The van der Waals surface area contributed by atoms with Gasteiger partial charge in [0, 0.05) is 80.3 Å². The average molecular weight is 1030 g/mol. The van der Waals surface area contributed by atoms with Crippen LogP contribution >= 0.6 is 11.3 Å². The number of hydrogen-bond acceptors (Lipinski definition) is 6. The summed E-state index contributed by atoms with van der Waals surface area (Å²) < 4.78 is 18.4. The Kier molecular flexibility index (Phi) is 9.25. The molecule has 0 amide bonds. The number of nitrogens with zero attached hydrogens (tertiary/aromatic N) is 4. The Bertz CT molecular complexity index is 5240. The van der Waals surface area contributed by atoms with Crippen molar-refractivity contribution in [2.24, 2.45) is 0 Å². The third-order valence-electron chi connectivity index (χ3n) is 16.7. The zero-order valence-electron chi connectivity index (χ0n) is 43.0. The van der Waals surface area contributed by atoms with E-state index in [1.807, 2.05) is 53.8 Å². The Morgan fingerprint density at radius 1 is 0.342 bits per heavy atom. The maximum Gasteiger partial charge on any atom is 0.164 e. The molecule has 6 nitrogen and oxygen atoms in total. The van der Waals surface area contributed by atoms with Gasteiger partial charge in [-0.1, -0.05) is 153 Å². The van der Waals surface area contributed by atoms with Crippen molar-refractivity contribution < 1.29 is 8.83 Å². The summed E-state index contributed by atoms with van der Waals surface area (Å²) in [4.78, 5) is 15.7. The molecule has 16 aromatic rings. The van der Waals surface area contributed by atoms with Gasteiger partial charge < -0.3 is 13.4 Å². The van der Waals surface area contributed by atoms with E-state index in [2.05, 4.69) is 206 Å². The summed E-state index contributed by atoms with van der Waals surface area (Å²) in [5.41, 5.74) is 19.0. The summed E-state index contributed by atoms with van der Waals surface area (Å²) in [5, 5.41) is 9.03. The lowest BCUT2D eigenvalue weighted by Gasteiger charge is -2.21. The summed E-state index contributed by atoms with van der Waals surface area (Å²) >= 11 is 1.83. The van der Waals surface area contributed by atoms with Crippen LogP contribution < -0.4 is 0 Å². The number of hydrogen-bond donors (Lipinski definition) is 0. The second-order valence-electron chi connectivity index (χ2n) is 21.5. The molecule has 0 saturated carbocycles. The van der Waals surface area contributed by atoms with E-state index in [0.29, 0.717) is 17.5 Å². The fourth-order valence-electron chi connectivity index (χ4n) is 12.9. The van der Waals surface area contributed by atoms with E-state index in [0.717, 1.165) is 82.9 Å². The molecule has 79 heavy (non-hydrogen) atoms. The average Bonchev–Trinajstić information content (AvgIpc) is 4.08. The van der Waals surface area contributed by atoms with Gasteiger partial charge in [0.05, 0.1) is 11.0 Å². The minimum Gasteiger partial charge on any atom is -0.456 e. The normalized spacial score (nSPS) is 13.0. The lowest BCUT2D eigenvalue weighted by atomic mass is 9.82. The van der Waals surface area contributed by atoms with E-state index in [9.17, 15) is 0 Å². The molecule has 5 heterocycles. The third kappa shape index (κ3) is 6.60. The molecule has 0 aliphatic heterocycles. The predicted octanol–water partition coefficient (Wildman–Crippen LogP) is 19.8. The molecule has 0 radical (unpaired) electrons. The van der Waals surface area contributed by atoms with Crippen LogP contribution in [-0.4, -0.2) is 19.5 Å². The first kappa shape index (κ1) is 44.2. The Balaban J connectivity index is 0.798. The SMILES string of the molecule is CC1(C)c2ccccc2-c2cc3c(cc21)c1cc(-c2ccc4oc5cccc(-c6nc(-c7ccccc7)nc(-c7ccc8c(c7)oc7cc(-c9cccc%10sc%11ccccc%11c9%10)ccc78)n6)c5c4c2)ccc1n3-c1ccccc1. The smallest absolute Gasteiger partial charge is 0.164 e. The van der Waals surface area contributed by atoms with Gasteiger partial charge in [-0.05, 0) is 136 Å². The van der Waals surface area contributed by atoms with Crippen LogP contribution in [0, 0.1) is 0 Å². The third-order valence-corrected chi connectivity index (χ3v) is 17.8. The Morgan fingerprint density at radius 2 is 0.962 bits per heavy atom. The summed E-state index contributed by atoms with van der Waals surface area (Å²) in [6, 6.07) is 82.4. The number of aromatic nitrogens is 4. The van der Waals surface area contributed by atoms with Crippen LogP contribution in [0.25, 0.3) is 159 Å². The summed E-state index contributed by atoms with van der Waals surface area (Å²) in [6.45, 7) is 4.71. The van der Waals surface area contributed by atoms with Crippen LogP contribution in [0.2, 0.25) is 0 Å². The molecule has 11 aromatic carbocycles. The second kappa shape index (κ2) is 16.5. The molecule has 0 N–H and O–H groups in total. The molecule has 0 unspecified atom stereocenters. The first-order chi connectivity index (χ1) is 38.9. The topological polar surface area (TPSA) is 69.9 Å². The van der Waals surface area contributed by atoms with Crippen LogP contribution in [0.5, 0.6) is 0 Å². The van der Waals surface area contributed by atoms with Gasteiger partial charge in [-0.25, -0.2) is 15.0 Å². The lowest BCUT2D eigenvalue weighted by molar-refractivity contribution is 0.661. The maximum atomic E-state index is 6.75. The van der Waals surface area contributed by atoms with Crippen molar-refractivity contribution in [3.05, 3.63) is 242 Å². The Hall–Kier alpha value is -9.95. The molecule has 370 valence electrons. The molecule has 0 spiro atoms. The molecule has 1 aliphatic carbocycles. The predicted molar refractivity (Wildman–Crippen MR) is 326 cm³/mol. The van der Waals surface area contributed by atoms with Gasteiger partial charge in [0.15, 0.2) is 17.5 Å². The molecule has 0 atom stereocenters. The van der Waals surface area contributed by atoms with Crippen molar-refractivity contribution in [1.29, 1.82) is 0 Å². The van der Waals surface area contributed by atoms with Crippen molar-refractivity contribution in [1.82, 2.24) is 19.5 Å². The molecule has 7 heteroatoms. The van der Waals surface area contributed by atoms with Crippen molar-refractivity contribution in [3.8, 4) is 73.2 Å². The van der Waals surface area contributed by atoms with Crippen molar-refractivity contribution in [3.63, 3.8) is 0 Å². The number of thiophene rings is 1. The zero-order chi connectivity index (χ0) is 52.1. The van der Waals surface area contributed by atoms with Gasteiger partial charge >= 0.3 is 0 Å². The van der Waals surface area contributed by atoms with E-state index in [1.54, 1.807) is 0 Å². The van der Waals surface area contributed by atoms with Crippen molar-refractivity contribution >= 4 is 97.2 Å². The van der Waals surface area contributed by atoms with Crippen LogP contribution in [0.3, 0.4) is 0 Å². The first-order valence-corrected chi connectivity index (χ1v) is 27.6. The van der Waals surface area contributed by atoms with E-state index in [-0.39, 0.29) is 5.41 Å². The highest BCUT2D eigenvalue weighted by molar-refractivity contribution is 7.25. The number of benzene rings is 11. The van der Waals surface area contributed by atoms with Gasteiger partial charge in [-0.15, -0.1) is 11.3 Å². The fraction of sp³-hybridized carbons (Fsp3) is 0.0417. The Labute approximate surface area is 457 Å². The monoisotopic (exact) mass is 1030 g/mol. The second-order valence-corrected chi connectivity index (χ2v) is 22.5. The molecular formula is C72H44N4O2S. The molecule has 5 aromatic heterocycles. The molecule has 0 saturated heterocycles. The van der Waals surface area contributed by atoms with Gasteiger partial charge in [0.25, 0.3) is 0 Å². The molecule has 0 bridgehead atoms. The van der Waals surface area contributed by atoms with Crippen LogP contribution in [0.4, 0.5) is 0 Å². The quantitative estimate of drug-likeness (QED) is 0.166. The summed E-state index contributed by atoms with van der Waals surface area (Å²) in [7, 11) is 0. The standard InChI is InChI=1S/C72H44N4O2S/c1-72(2)57-23-11-9-19-48(57)53-40-60-55(39-58(53)72)54-35-42(29-33-59(54)76(60)46-17-7-4-8-18-46)43-30-34-61-56(36-43)67-52(22-13-24-62(67)77-61)71-74-69(41-15-5-3-6-16-41)73-70(75-71)45-28-32-50-49-31-27-44(37-63(49)78-64(50)38-45)47-21-14-26-66-68(47)51-20-10-12-25-65(51)79-66/h3-40H,1-2H3.